The summed E-state index contributed by atoms with van der Waals surface area (Å²) in [6.07, 6.45) is 2.42. The SMILES string of the molecule is Cc1ccoc1-c1noc(CCC(C)O)n1. The van der Waals surface area contributed by atoms with E-state index in [1.54, 1.807) is 13.2 Å². The van der Waals surface area contributed by atoms with Crippen LogP contribution < -0.4 is 0 Å². The summed E-state index contributed by atoms with van der Waals surface area (Å²) >= 11 is 0. The first-order chi connectivity index (χ1) is 7.66. The molecule has 0 saturated heterocycles. The molecule has 1 atom stereocenters. The summed E-state index contributed by atoms with van der Waals surface area (Å²) < 4.78 is 10.3. The van der Waals surface area contributed by atoms with Gasteiger partial charge in [-0.25, -0.2) is 0 Å². The fourth-order valence-corrected chi connectivity index (χ4v) is 1.38. The fourth-order valence-electron chi connectivity index (χ4n) is 1.38. The van der Waals surface area contributed by atoms with Gasteiger partial charge in [-0.15, -0.1) is 0 Å². The van der Waals surface area contributed by atoms with E-state index in [4.69, 9.17) is 14.0 Å². The molecule has 0 amide bonds. The van der Waals surface area contributed by atoms with Crippen molar-refractivity contribution in [2.24, 2.45) is 0 Å². The average molecular weight is 222 g/mol. The summed E-state index contributed by atoms with van der Waals surface area (Å²) in [6, 6.07) is 1.85. The number of aliphatic hydroxyl groups excluding tert-OH is 1. The highest BCUT2D eigenvalue weighted by Gasteiger charge is 2.13. The van der Waals surface area contributed by atoms with Crippen LogP contribution in [0, 0.1) is 6.92 Å². The summed E-state index contributed by atoms with van der Waals surface area (Å²) in [5.74, 6) is 1.61. The number of furan rings is 1. The molecule has 0 fully saturated rings. The van der Waals surface area contributed by atoms with E-state index < -0.39 is 0 Å². The second-order valence-electron chi connectivity index (χ2n) is 3.83. The molecule has 0 bridgehead atoms. The van der Waals surface area contributed by atoms with Crippen molar-refractivity contribution in [2.45, 2.75) is 32.8 Å². The standard InChI is InChI=1S/C11H14N2O3/c1-7-5-6-15-10(7)11-12-9(16-13-11)4-3-8(2)14/h5-6,8,14H,3-4H2,1-2H3. The third-order valence-electron chi connectivity index (χ3n) is 2.31. The summed E-state index contributed by atoms with van der Waals surface area (Å²) in [5.41, 5.74) is 0.975. The van der Waals surface area contributed by atoms with Gasteiger partial charge in [0, 0.05) is 6.42 Å². The molecule has 2 aromatic rings. The van der Waals surface area contributed by atoms with Crippen LogP contribution in [0.2, 0.25) is 0 Å². The predicted molar refractivity (Wildman–Crippen MR) is 56.7 cm³/mol. The molecule has 0 spiro atoms. The highest BCUT2D eigenvalue weighted by molar-refractivity contribution is 5.50. The molecule has 16 heavy (non-hydrogen) atoms. The zero-order valence-corrected chi connectivity index (χ0v) is 9.30. The maximum atomic E-state index is 9.14. The first-order valence-corrected chi connectivity index (χ1v) is 5.22. The Balaban J connectivity index is 2.11. The number of aryl methyl sites for hydroxylation is 2. The van der Waals surface area contributed by atoms with Crippen LogP contribution in [0.15, 0.2) is 21.3 Å². The number of rotatable bonds is 4. The van der Waals surface area contributed by atoms with Crippen molar-refractivity contribution in [3.8, 4) is 11.6 Å². The molecule has 86 valence electrons. The number of hydrogen-bond acceptors (Lipinski definition) is 5. The number of nitrogens with zero attached hydrogens (tertiary/aromatic N) is 2. The van der Waals surface area contributed by atoms with Crippen LogP contribution in [-0.4, -0.2) is 21.4 Å². The van der Waals surface area contributed by atoms with E-state index >= 15 is 0 Å². The maximum absolute atomic E-state index is 9.14. The van der Waals surface area contributed by atoms with Crippen molar-refractivity contribution < 1.29 is 14.0 Å². The number of hydrogen-bond donors (Lipinski definition) is 1. The number of aliphatic hydroxyl groups is 1. The third kappa shape index (κ3) is 2.30. The molecule has 5 nitrogen and oxygen atoms in total. The molecule has 2 aromatic heterocycles. The quantitative estimate of drug-likeness (QED) is 0.855. The van der Waals surface area contributed by atoms with Gasteiger partial charge < -0.3 is 14.0 Å². The summed E-state index contributed by atoms with van der Waals surface area (Å²) in [6.45, 7) is 3.65. The van der Waals surface area contributed by atoms with Gasteiger partial charge in [0.1, 0.15) is 0 Å². The summed E-state index contributed by atoms with van der Waals surface area (Å²) in [5, 5.41) is 13.0. The molecular weight excluding hydrogens is 208 g/mol. The Morgan fingerprint density at radius 3 is 2.94 bits per heavy atom. The average Bonchev–Trinajstić information content (AvgIpc) is 2.83. The van der Waals surface area contributed by atoms with Crippen molar-refractivity contribution in [3.05, 3.63) is 23.8 Å². The van der Waals surface area contributed by atoms with E-state index in [-0.39, 0.29) is 6.10 Å². The largest absolute Gasteiger partial charge is 0.461 e. The Morgan fingerprint density at radius 2 is 2.31 bits per heavy atom. The lowest BCUT2D eigenvalue weighted by atomic mass is 10.2. The summed E-state index contributed by atoms with van der Waals surface area (Å²) in [4.78, 5) is 4.20. The van der Waals surface area contributed by atoms with Crippen molar-refractivity contribution in [3.63, 3.8) is 0 Å². The Labute approximate surface area is 93.1 Å². The third-order valence-corrected chi connectivity index (χ3v) is 2.31. The zero-order chi connectivity index (χ0) is 11.5. The molecule has 1 N–H and O–H groups in total. The Kier molecular flexibility index (Phi) is 3.05. The molecule has 0 aliphatic carbocycles. The normalized spacial score (nSPS) is 12.9. The first-order valence-electron chi connectivity index (χ1n) is 5.22. The molecule has 1 unspecified atom stereocenters. The van der Waals surface area contributed by atoms with Gasteiger partial charge >= 0.3 is 0 Å². The van der Waals surface area contributed by atoms with E-state index in [1.807, 2.05) is 13.0 Å². The maximum Gasteiger partial charge on any atom is 0.238 e. The minimum atomic E-state index is -0.360. The van der Waals surface area contributed by atoms with Crippen molar-refractivity contribution in [1.29, 1.82) is 0 Å². The van der Waals surface area contributed by atoms with Crippen LogP contribution in [0.25, 0.3) is 11.6 Å². The van der Waals surface area contributed by atoms with Crippen LogP contribution in [0.3, 0.4) is 0 Å². The highest BCUT2D eigenvalue weighted by atomic mass is 16.5. The van der Waals surface area contributed by atoms with Gasteiger partial charge in [0.05, 0.1) is 12.4 Å². The van der Waals surface area contributed by atoms with Gasteiger partial charge in [0.2, 0.25) is 11.7 Å². The van der Waals surface area contributed by atoms with Crippen LogP contribution in [0.1, 0.15) is 24.8 Å². The van der Waals surface area contributed by atoms with Crippen LogP contribution in [-0.2, 0) is 6.42 Å². The van der Waals surface area contributed by atoms with Crippen molar-refractivity contribution in [2.75, 3.05) is 0 Å². The van der Waals surface area contributed by atoms with E-state index in [1.165, 1.54) is 0 Å². The van der Waals surface area contributed by atoms with Gasteiger partial charge in [0.25, 0.3) is 0 Å². The molecule has 2 heterocycles. The van der Waals surface area contributed by atoms with Crippen LogP contribution in [0.4, 0.5) is 0 Å². The molecule has 5 heteroatoms. The van der Waals surface area contributed by atoms with Crippen molar-refractivity contribution in [1.82, 2.24) is 10.1 Å². The second kappa shape index (κ2) is 4.49. The van der Waals surface area contributed by atoms with E-state index in [0.717, 1.165) is 5.56 Å². The molecule has 0 radical (unpaired) electrons. The molecule has 0 aliphatic heterocycles. The van der Waals surface area contributed by atoms with E-state index in [2.05, 4.69) is 10.1 Å². The predicted octanol–water partition coefficient (Wildman–Crippen LogP) is 1.95. The van der Waals surface area contributed by atoms with E-state index in [0.29, 0.717) is 30.3 Å². The summed E-state index contributed by atoms with van der Waals surface area (Å²) in [7, 11) is 0. The minimum Gasteiger partial charge on any atom is -0.461 e. The lowest BCUT2D eigenvalue weighted by molar-refractivity contribution is 0.180. The van der Waals surface area contributed by atoms with E-state index in [9.17, 15) is 0 Å². The van der Waals surface area contributed by atoms with Crippen molar-refractivity contribution >= 4 is 0 Å². The topological polar surface area (TPSA) is 72.3 Å². The molecule has 0 saturated carbocycles. The lowest BCUT2D eigenvalue weighted by Crippen LogP contribution is -2.01. The highest BCUT2D eigenvalue weighted by Crippen LogP contribution is 2.21. The minimum absolute atomic E-state index is 0.360. The Bertz CT molecular complexity index is 459. The lowest BCUT2D eigenvalue weighted by Gasteiger charge is -1.98. The van der Waals surface area contributed by atoms with Gasteiger partial charge in [-0.05, 0) is 31.9 Å². The van der Waals surface area contributed by atoms with Gasteiger partial charge in [0.15, 0.2) is 5.76 Å². The van der Waals surface area contributed by atoms with Crippen LogP contribution >= 0.6 is 0 Å². The zero-order valence-electron chi connectivity index (χ0n) is 9.30. The van der Waals surface area contributed by atoms with Crippen LogP contribution in [0.5, 0.6) is 0 Å². The van der Waals surface area contributed by atoms with Gasteiger partial charge in [-0.1, -0.05) is 5.16 Å². The molecule has 0 aliphatic rings. The smallest absolute Gasteiger partial charge is 0.238 e. The monoisotopic (exact) mass is 222 g/mol. The van der Waals surface area contributed by atoms with Gasteiger partial charge in [-0.3, -0.25) is 0 Å². The molecular formula is C11H14N2O3. The molecule has 0 aromatic carbocycles. The fraction of sp³-hybridized carbons (Fsp3) is 0.455. The molecule has 2 rings (SSSR count). The van der Waals surface area contributed by atoms with Gasteiger partial charge in [-0.2, -0.15) is 4.98 Å². The Morgan fingerprint density at radius 1 is 1.50 bits per heavy atom. The first kappa shape index (κ1) is 10.9. The Hall–Kier alpha value is -1.62. The number of aromatic nitrogens is 2. The second-order valence-corrected chi connectivity index (χ2v) is 3.83.